The number of imide groups is 1. The first-order valence-corrected chi connectivity index (χ1v) is 10.1. The lowest BCUT2D eigenvalue weighted by atomic mass is 10.1. The van der Waals surface area contributed by atoms with Crippen LogP contribution in [-0.2, 0) is 6.42 Å². The van der Waals surface area contributed by atoms with Gasteiger partial charge in [0.15, 0.2) is 11.5 Å². The van der Waals surface area contributed by atoms with Gasteiger partial charge in [0.2, 0.25) is 0 Å². The Kier molecular flexibility index (Phi) is 5.89. The van der Waals surface area contributed by atoms with E-state index in [4.69, 9.17) is 9.47 Å². The number of carbonyl (C=O) groups excluding carboxylic acids is 3. The van der Waals surface area contributed by atoms with E-state index in [9.17, 15) is 14.4 Å². The first kappa shape index (κ1) is 21.1. The van der Waals surface area contributed by atoms with Crippen molar-refractivity contribution < 1.29 is 23.9 Å². The summed E-state index contributed by atoms with van der Waals surface area (Å²) in [4.78, 5) is 39.6. The maximum atomic E-state index is 12.9. The Labute approximate surface area is 185 Å². The predicted octanol–water partition coefficient (Wildman–Crippen LogP) is 3.79. The highest BCUT2D eigenvalue weighted by Crippen LogP contribution is 2.30. The van der Waals surface area contributed by atoms with Crippen molar-refractivity contribution in [3.05, 3.63) is 89.0 Å². The van der Waals surface area contributed by atoms with Crippen LogP contribution in [0.15, 0.2) is 66.7 Å². The fourth-order valence-electron chi connectivity index (χ4n) is 3.64. The molecule has 1 aliphatic rings. The average Bonchev–Trinajstić information content (AvgIpc) is 3.07. The molecule has 32 heavy (non-hydrogen) atoms. The summed E-state index contributed by atoms with van der Waals surface area (Å²) >= 11 is 0. The monoisotopic (exact) mass is 430 g/mol. The van der Waals surface area contributed by atoms with Crippen LogP contribution in [0.2, 0.25) is 0 Å². The van der Waals surface area contributed by atoms with Crippen molar-refractivity contribution in [3.8, 4) is 11.5 Å². The van der Waals surface area contributed by atoms with Gasteiger partial charge in [0, 0.05) is 23.9 Å². The maximum Gasteiger partial charge on any atom is 0.261 e. The lowest BCUT2D eigenvalue weighted by Crippen LogP contribution is -2.31. The lowest BCUT2D eigenvalue weighted by molar-refractivity contribution is 0.0656. The second kappa shape index (κ2) is 8.93. The Morgan fingerprint density at radius 3 is 2.28 bits per heavy atom. The second-order valence-electron chi connectivity index (χ2n) is 7.28. The third kappa shape index (κ3) is 4.05. The van der Waals surface area contributed by atoms with Crippen molar-refractivity contribution in [3.63, 3.8) is 0 Å². The molecule has 0 fully saturated rings. The van der Waals surface area contributed by atoms with Crippen molar-refractivity contribution in [1.82, 2.24) is 4.90 Å². The first-order chi connectivity index (χ1) is 15.5. The van der Waals surface area contributed by atoms with Gasteiger partial charge in [-0.1, -0.05) is 30.3 Å². The van der Waals surface area contributed by atoms with Crippen molar-refractivity contribution in [1.29, 1.82) is 0 Å². The Hall–Kier alpha value is -4.13. The zero-order valence-electron chi connectivity index (χ0n) is 17.8. The van der Waals surface area contributed by atoms with E-state index in [2.05, 4.69) is 5.32 Å². The molecule has 0 spiro atoms. The minimum Gasteiger partial charge on any atom is -0.493 e. The molecule has 0 radical (unpaired) electrons. The molecule has 3 aromatic carbocycles. The quantitative estimate of drug-likeness (QED) is 0.577. The van der Waals surface area contributed by atoms with Crippen LogP contribution in [0.4, 0.5) is 5.69 Å². The van der Waals surface area contributed by atoms with Crippen LogP contribution >= 0.6 is 0 Å². The van der Waals surface area contributed by atoms with Crippen LogP contribution in [0, 0.1) is 0 Å². The number of fused-ring (bicyclic) bond motifs is 1. The highest BCUT2D eigenvalue weighted by molar-refractivity contribution is 6.22. The van der Waals surface area contributed by atoms with Crippen LogP contribution < -0.4 is 14.8 Å². The molecule has 7 nitrogen and oxygen atoms in total. The van der Waals surface area contributed by atoms with Gasteiger partial charge in [-0.3, -0.25) is 19.3 Å². The zero-order valence-corrected chi connectivity index (χ0v) is 17.8. The molecule has 0 aromatic heterocycles. The van der Waals surface area contributed by atoms with Crippen LogP contribution in [0.3, 0.4) is 0 Å². The Bertz CT molecular complexity index is 1190. The second-order valence-corrected chi connectivity index (χ2v) is 7.28. The molecule has 1 heterocycles. The summed E-state index contributed by atoms with van der Waals surface area (Å²) in [6, 6.07) is 19.2. The van der Waals surface area contributed by atoms with E-state index in [0.29, 0.717) is 29.2 Å². The van der Waals surface area contributed by atoms with Crippen LogP contribution in [-0.4, -0.2) is 43.4 Å². The number of rotatable bonds is 7. The molecule has 0 unspecified atom stereocenters. The van der Waals surface area contributed by atoms with Gasteiger partial charge in [-0.25, -0.2) is 0 Å². The molecule has 0 saturated heterocycles. The van der Waals surface area contributed by atoms with Gasteiger partial charge in [0.05, 0.1) is 25.3 Å². The topological polar surface area (TPSA) is 84.9 Å². The number of methoxy groups -OCH3 is 2. The summed E-state index contributed by atoms with van der Waals surface area (Å²) in [5.41, 5.74) is 2.39. The number of nitrogens with one attached hydrogen (secondary N) is 1. The molecule has 4 rings (SSSR count). The number of amides is 3. The van der Waals surface area contributed by atoms with Crippen molar-refractivity contribution in [2.75, 3.05) is 26.1 Å². The van der Waals surface area contributed by atoms with Crippen LogP contribution in [0.1, 0.15) is 36.6 Å². The summed E-state index contributed by atoms with van der Waals surface area (Å²) in [5, 5.41) is 2.78. The van der Waals surface area contributed by atoms with Gasteiger partial charge in [-0.05, 0) is 42.3 Å². The third-order valence-corrected chi connectivity index (χ3v) is 5.34. The minimum absolute atomic E-state index is 0.239. The van der Waals surface area contributed by atoms with Gasteiger partial charge in [0.25, 0.3) is 17.7 Å². The molecular formula is C25H22N2O5. The number of benzene rings is 3. The molecule has 0 aliphatic carbocycles. The maximum absolute atomic E-state index is 12.9. The van der Waals surface area contributed by atoms with Gasteiger partial charge in [-0.2, -0.15) is 0 Å². The molecule has 0 bridgehead atoms. The number of anilines is 1. The minimum atomic E-state index is -0.400. The first-order valence-electron chi connectivity index (χ1n) is 10.1. The highest BCUT2D eigenvalue weighted by atomic mass is 16.5. The van der Waals surface area contributed by atoms with E-state index in [1.54, 1.807) is 24.3 Å². The molecule has 7 heteroatoms. The van der Waals surface area contributed by atoms with Gasteiger partial charge < -0.3 is 14.8 Å². The SMILES string of the molecule is COc1ccc(NC(=O)c2ccc3c(c2)C(=O)N(CCc2ccccc2)C3=O)cc1OC. The fourth-order valence-corrected chi connectivity index (χ4v) is 3.64. The van der Waals surface area contributed by atoms with Gasteiger partial charge in [-0.15, -0.1) is 0 Å². The summed E-state index contributed by atoms with van der Waals surface area (Å²) < 4.78 is 10.5. The smallest absolute Gasteiger partial charge is 0.261 e. The molecular weight excluding hydrogens is 408 g/mol. The van der Waals surface area contributed by atoms with E-state index >= 15 is 0 Å². The summed E-state index contributed by atoms with van der Waals surface area (Å²) in [5.74, 6) is -0.102. The van der Waals surface area contributed by atoms with Crippen molar-refractivity contribution >= 4 is 23.4 Å². The van der Waals surface area contributed by atoms with E-state index < -0.39 is 5.91 Å². The molecule has 0 atom stereocenters. The molecule has 3 aromatic rings. The summed E-state index contributed by atoms with van der Waals surface area (Å²) in [6.45, 7) is 0.281. The van der Waals surface area contributed by atoms with Crippen molar-refractivity contribution in [2.45, 2.75) is 6.42 Å². The van der Waals surface area contributed by atoms with E-state index in [1.165, 1.54) is 31.3 Å². The number of nitrogens with zero attached hydrogens (tertiary/aromatic N) is 1. The average molecular weight is 430 g/mol. The summed E-state index contributed by atoms with van der Waals surface area (Å²) in [6.07, 6.45) is 0.568. The summed E-state index contributed by atoms with van der Waals surface area (Å²) in [7, 11) is 3.04. The van der Waals surface area contributed by atoms with E-state index in [1.807, 2.05) is 30.3 Å². The fraction of sp³-hybridized carbons (Fsp3) is 0.160. The van der Waals surface area contributed by atoms with E-state index in [-0.39, 0.29) is 29.5 Å². The van der Waals surface area contributed by atoms with E-state index in [0.717, 1.165) is 5.56 Å². The third-order valence-electron chi connectivity index (χ3n) is 5.34. The van der Waals surface area contributed by atoms with Crippen LogP contribution in [0.25, 0.3) is 0 Å². The van der Waals surface area contributed by atoms with Crippen LogP contribution in [0.5, 0.6) is 11.5 Å². The largest absolute Gasteiger partial charge is 0.493 e. The van der Waals surface area contributed by atoms with Crippen molar-refractivity contribution in [2.24, 2.45) is 0 Å². The standard InChI is InChI=1S/C25H22N2O5/c1-31-21-11-9-18(15-22(21)32-2)26-23(28)17-8-10-19-20(14-17)25(30)27(24(19)29)13-12-16-6-4-3-5-7-16/h3-11,14-15H,12-13H2,1-2H3,(H,26,28). The lowest BCUT2D eigenvalue weighted by Gasteiger charge is -2.13. The molecule has 1 N–H and O–H groups in total. The number of hydrogen-bond acceptors (Lipinski definition) is 5. The number of carbonyl (C=O) groups is 3. The Morgan fingerprint density at radius 2 is 1.56 bits per heavy atom. The van der Waals surface area contributed by atoms with Gasteiger partial charge >= 0.3 is 0 Å². The molecule has 162 valence electrons. The highest BCUT2D eigenvalue weighted by Gasteiger charge is 2.35. The van der Waals surface area contributed by atoms with Gasteiger partial charge in [0.1, 0.15) is 0 Å². The zero-order chi connectivity index (χ0) is 22.7. The Balaban J connectivity index is 1.50. The normalized spacial score (nSPS) is 12.5. The molecule has 1 aliphatic heterocycles. The predicted molar refractivity (Wildman–Crippen MR) is 119 cm³/mol. The molecule has 0 saturated carbocycles. The Morgan fingerprint density at radius 1 is 0.844 bits per heavy atom. The number of hydrogen-bond donors (Lipinski definition) is 1. The number of ether oxygens (including phenoxy) is 2. The molecule has 3 amide bonds.